The van der Waals surface area contributed by atoms with E-state index in [0.29, 0.717) is 5.75 Å². The standard InChI is InChI=1S/C12H11N3O5S/c13-21(18,19)14-10-7-4-8-11(12(10)15(16)17)20-9-5-2-1-3-6-9/h1-8,14H,(H2,13,18,19). The van der Waals surface area contributed by atoms with E-state index in [2.05, 4.69) is 0 Å². The van der Waals surface area contributed by atoms with Crippen molar-refractivity contribution >= 4 is 21.6 Å². The molecule has 0 saturated carbocycles. The smallest absolute Gasteiger partial charge is 0.335 e. The highest BCUT2D eigenvalue weighted by molar-refractivity contribution is 7.90. The second kappa shape index (κ2) is 5.77. The van der Waals surface area contributed by atoms with Crippen molar-refractivity contribution in [3.05, 3.63) is 58.6 Å². The van der Waals surface area contributed by atoms with Gasteiger partial charge >= 0.3 is 5.69 Å². The van der Waals surface area contributed by atoms with Gasteiger partial charge in [0.05, 0.1) is 4.92 Å². The number of benzene rings is 2. The molecule has 0 aliphatic rings. The van der Waals surface area contributed by atoms with E-state index in [1.807, 2.05) is 4.72 Å². The number of ether oxygens (including phenoxy) is 1. The fourth-order valence-corrected chi connectivity index (χ4v) is 2.12. The largest absolute Gasteiger partial charge is 0.450 e. The third-order valence-corrected chi connectivity index (χ3v) is 2.91. The maximum Gasteiger partial charge on any atom is 0.335 e. The van der Waals surface area contributed by atoms with Crippen LogP contribution in [0, 0.1) is 10.1 Å². The molecule has 2 rings (SSSR count). The van der Waals surface area contributed by atoms with Crippen molar-refractivity contribution in [3.8, 4) is 11.5 Å². The van der Waals surface area contributed by atoms with Gasteiger partial charge < -0.3 is 4.74 Å². The summed E-state index contributed by atoms with van der Waals surface area (Å²) in [4.78, 5) is 10.4. The van der Waals surface area contributed by atoms with Crippen LogP contribution in [0.2, 0.25) is 0 Å². The summed E-state index contributed by atoms with van der Waals surface area (Å²) in [6.07, 6.45) is 0. The molecular formula is C12H11N3O5S. The first-order valence-electron chi connectivity index (χ1n) is 5.67. The number of nitro benzene ring substituents is 1. The summed E-state index contributed by atoms with van der Waals surface area (Å²) in [6, 6.07) is 12.4. The molecule has 2 aromatic carbocycles. The quantitative estimate of drug-likeness (QED) is 0.645. The van der Waals surface area contributed by atoms with E-state index in [4.69, 9.17) is 9.88 Å². The molecule has 0 spiro atoms. The molecule has 9 heteroatoms. The van der Waals surface area contributed by atoms with Crippen molar-refractivity contribution in [2.75, 3.05) is 4.72 Å². The van der Waals surface area contributed by atoms with E-state index >= 15 is 0 Å². The summed E-state index contributed by atoms with van der Waals surface area (Å²) in [7, 11) is -4.13. The topological polar surface area (TPSA) is 125 Å². The lowest BCUT2D eigenvalue weighted by molar-refractivity contribution is -0.384. The Morgan fingerprint density at radius 1 is 1.10 bits per heavy atom. The van der Waals surface area contributed by atoms with E-state index in [1.165, 1.54) is 18.2 Å². The summed E-state index contributed by atoms with van der Waals surface area (Å²) in [5, 5.41) is 16.0. The van der Waals surface area contributed by atoms with Gasteiger partial charge in [0.2, 0.25) is 5.75 Å². The van der Waals surface area contributed by atoms with Crippen LogP contribution >= 0.6 is 0 Å². The molecule has 0 amide bonds. The SMILES string of the molecule is NS(=O)(=O)Nc1cccc(Oc2ccccc2)c1[N+](=O)[O-]. The first kappa shape index (κ1) is 14.8. The number of rotatable bonds is 5. The highest BCUT2D eigenvalue weighted by atomic mass is 32.2. The number of hydrogen-bond acceptors (Lipinski definition) is 5. The molecule has 0 saturated heterocycles. The summed E-state index contributed by atoms with van der Waals surface area (Å²) < 4.78 is 29.4. The van der Waals surface area contributed by atoms with Gasteiger partial charge in [-0.2, -0.15) is 8.42 Å². The van der Waals surface area contributed by atoms with Gasteiger partial charge in [0.25, 0.3) is 10.2 Å². The Balaban J connectivity index is 2.46. The number of nitrogens with one attached hydrogen (secondary N) is 1. The van der Waals surface area contributed by atoms with Crippen LogP contribution in [-0.4, -0.2) is 13.3 Å². The number of para-hydroxylation sites is 2. The average Bonchev–Trinajstić information content (AvgIpc) is 2.37. The molecule has 110 valence electrons. The zero-order valence-electron chi connectivity index (χ0n) is 10.6. The van der Waals surface area contributed by atoms with Gasteiger partial charge in [-0.25, -0.2) is 5.14 Å². The summed E-state index contributed by atoms with van der Waals surface area (Å²) in [6.45, 7) is 0. The van der Waals surface area contributed by atoms with Crippen LogP contribution in [-0.2, 0) is 10.2 Å². The number of nitrogens with two attached hydrogens (primary N) is 1. The average molecular weight is 309 g/mol. The van der Waals surface area contributed by atoms with E-state index in [1.54, 1.807) is 30.3 Å². The van der Waals surface area contributed by atoms with Gasteiger partial charge in [-0.1, -0.05) is 24.3 Å². The molecule has 21 heavy (non-hydrogen) atoms. The predicted octanol–water partition coefficient (Wildman–Crippen LogP) is 2.00. The van der Waals surface area contributed by atoms with Crippen molar-refractivity contribution in [1.29, 1.82) is 0 Å². The van der Waals surface area contributed by atoms with Crippen LogP contribution in [0.5, 0.6) is 11.5 Å². The minimum Gasteiger partial charge on any atom is -0.450 e. The van der Waals surface area contributed by atoms with Gasteiger partial charge in [0, 0.05) is 0 Å². The monoisotopic (exact) mass is 309 g/mol. The van der Waals surface area contributed by atoms with Crippen molar-refractivity contribution in [2.45, 2.75) is 0 Å². The van der Waals surface area contributed by atoms with Crippen molar-refractivity contribution in [2.24, 2.45) is 5.14 Å². The molecular weight excluding hydrogens is 298 g/mol. The van der Waals surface area contributed by atoms with Gasteiger partial charge in [-0.3, -0.25) is 14.8 Å². The third kappa shape index (κ3) is 3.91. The van der Waals surface area contributed by atoms with E-state index in [-0.39, 0.29) is 11.4 Å². The molecule has 0 aliphatic carbocycles. The Hall–Kier alpha value is -2.65. The van der Waals surface area contributed by atoms with E-state index in [0.717, 1.165) is 0 Å². The molecule has 0 aliphatic heterocycles. The Morgan fingerprint density at radius 3 is 2.33 bits per heavy atom. The molecule has 0 heterocycles. The number of nitrogens with zero attached hydrogens (tertiary/aromatic N) is 1. The van der Waals surface area contributed by atoms with Crippen LogP contribution in [0.25, 0.3) is 0 Å². The molecule has 8 nitrogen and oxygen atoms in total. The molecule has 0 fully saturated rings. The molecule has 0 radical (unpaired) electrons. The minimum atomic E-state index is -4.13. The molecule has 0 atom stereocenters. The highest BCUT2D eigenvalue weighted by Crippen LogP contribution is 2.37. The van der Waals surface area contributed by atoms with Gasteiger partial charge in [-0.15, -0.1) is 0 Å². The van der Waals surface area contributed by atoms with Gasteiger partial charge in [0.1, 0.15) is 11.4 Å². The van der Waals surface area contributed by atoms with Crippen LogP contribution in [0.1, 0.15) is 0 Å². The van der Waals surface area contributed by atoms with E-state index in [9.17, 15) is 18.5 Å². The second-order valence-electron chi connectivity index (χ2n) is 3.97. The van der Waals surface area contributed by atoms with Crippen molar-refractivity contribution < 1.29 is 18.1 Å². The fourth-order valence-electron chi connectivity index (χ4n) is 1.64. The number of hydrogen-bond donors (Lipinski definition) is 2. The molecule has 0 aromatic heterocycles. The Kier molecular flexibility index (Phi) is 4.05. The van der Waals surface area contributed by atoms with Gasteiger partial charge in [0.15, 0.2) is 0 Å². The third-order valence-electron chi connectivity index (χ3n) is 2.40. The van der Waals surface area contributed by atoms with E-state index < -0.39 is 20.8 Å². The molecule has 2 aromatic rings. The molecule has 0 unspecified atom stereocenters. The van der Waals surface area contributed by atoms with Gasteiger partial charge in [-0.05, 0) is 24.3 Å². The molecule has 3 N–H and O–H groups in total. The summed E-state index contributed by atoms with van der Waals surface area (Å²) >= 11 is 0. The van der Waals surface area contributed by atoms with Crippen LogP contribution in [0.3, 0.4) is 0 Å². The minimum absolute atomic E-state index is 0.0974. The first-order valence-corrected chi connectivity index (χ1v) is 7.22. The molecule has 0 bridgehead atoms. The lowest BCUT2D eigenvalue weighted by atomic mass is 10.2. The maximum atomic E-state index is 11.2. The van der Waals surface area contributed by atoms with Crippen molar-refractivity contribution in [3.63, 3.8) is 0 Å². The van der Waals surface area contributed by atoms with Crippen molar-refractivity contribution in [1.82, 2.24) is 0 Å². The lowest BCUT2D eigenvalue weighted by Crippen LogP contribution is -2.22. The first-order chi connectivity index (χ1) is 9.87. The number of nitro groups is 1. The normalized spacial score (nSPS) is 10.9. The Morgan fingerprint density at radius 2 is 1.76 bits per heavy atom. The van der Waals surface area contributed by atoms with Crippen LogP contribution < -0.4 is 14.6 Å². The fraction of sp³-hybridized carbons (Fsp3) is 0. The summed E-state index contributed by atoms with van der Waals surface area (Å²) in [5.41, 5.74) is -0.786. The maximum absolute atomic E-state index is 11.2. The Labute approximate surface area is 120 Å². The zero-order valence-corrected chi connectivity index (χ0v) is 11.4. The second-order valence-corrected chi connectivity index (χ2v) is 5.27. The van der Waals surface area contributed by atoms with Crippen LogP contribution in [0.4, 0.5) is 11.4 Å². The highest BCUT2D eigenvalue weighted by Gasteiger charge is 2.23. The van der Waals surface area contributed by atoms with Crippen LogP contribution in [0.15, 0.2) is 48.5 Å². The lowest BCUT2D eigenvalue weighted by Gasteiger charge is -2.09. The predicted molar refractivity (Wildman–Crippen MR) is 76.3 cm³/mol. The number of anilines is 1. The summed E-state index contributed by atoms with van der Waals surface area (Å²) in [5.74, 6) is 0.285. The zero-order chi connectivity index (χ0) is 15.5. The Bertz CT molecular complexity index is 762.